The second-order valence-corrected chi connectivity index (χ2v) is 8.05. The average Bonchev–Trinajstić information content (AvgIpc) is 2.74. The van der Waals surface area contributed by atoms with Gasteiger partial charge in [-0.1, -0.05) is 54.6 Å². The van der Waals surface area contributed by atoms with E-state index < -0.39 is 30.2 Å². The van der Waals surface area contributed by atoms with Gasteiger partial charge in [-0.25, -0.2) is 9.59 Å². The number of hydroxylamine groups is 2. The minimum absolute atomic E-state index is 0.0331. The van der Waals surface area contributed by atoms with E-state index in [4.69, 9.17) is 20.1 Å². The summed E-state index contributed by atoms with van der Waals surface area (Å²) in [5.74, 6) is -1.31. The van der Waals surface area contributed by atoms with Crippen LogP contribution >= 0.6 is 0 Å². The minimum atomic E-state index is -1.17. The Morgan fingerprint density at radius 1 is 1.00 bits per heavy atom. The van der Waals surface area contributed by atoms with Crippen molar-refractivity contribution in [2.45, 2.75) is 39.5 Å². The van der Waals surface area contributed by atoms with E-state index in [0.29, 0.717) is 11.1 Å². The molecule has 0 radical (unpaired) electrons. The largest absolute Gasteiger partial charge is 0.480 e. The summed E-state index contributed by atoms with van der Waals surface area (Å²) in [6, 6.07) is 15.1. The molecule has 2 rings (SSSR count). The summed E-state index contributed by atoms with van der Waals surface area (Å²) in [5, 5.41) is 22.5. The number of hydrogen-bond acceptors (Lipinski definition) is 6. The molecule has 33 heavy (non-hydrogen) atoms. The van der Waals surface area contributed by atoms with Crippen LogP contribution in [0.1, 0.15) is 37.5 Å². The Morgan fingerprint density at radius 3 is 2.21 bits per heavy atom. The average molecular weight is 456 g/mol. The predicted molar refractivity (Wildman–Crippen MR) is 120 cm³/mol. The Balaban J connectivity index is 2.03. The second kappa shape index (κ2) is 11.6. The van der Waals surface area contributed by atoms with Gasteiger partial charge in [-0.15, -0.1) is 0 Å². The first-order valence-electron chi connectivity index (χ1n) is 10.2. The number of nitrogens with zero attached hydrogens (tertiary/aromatic N) is 1. The number of carboxylic acid groups (broad SMARTS) is 1. The van der Waals surface area contributed by atoms with Crippen molar-refractivity contribution in [1.82, 2.24) is 15.7 Å². The first-order valence-corrected chi connectivity index (χ1v) is 10.2. The van der Waals surface area contributed by atoms with Gasteiger partial charge in [0.1, 0.15) is 24.6 Å². The molecule has 4 N–H and O–H groups in total. The summed E-state index contributed by atoms with van der Waals surface area (Å²) in [6.07, 6.45) is -0.729. The van der Waals surface area contributed by atoms with E-state index in [-0.39, 0.29) is 19.0 Å². The van der Waals surface area contributed by atoms with Crippen LogP contribution in [-0.4, -0.2) is 46.2 Å². The summed E-state index contributed by atoms with van der Waals surface area (Å²) in [5.41, 5.74) is 1.27. The highest BCUT2D eigenvalue weighted by Gasteiger charge is 2.19. The fourth-order valence-corrected chi connectivity index (χ4v) is 2.56. The second-order valence-electron chi connectivity index (χ2n) is 8.05. The van der Waals surface area contributed by atoms with Crippen molar-refractivity contribution in [1.29, 1.82) is 5.41 Å². The SMILES string of the molecule is CC(C)(C)OC(=O)NC(=N)c1ccc(CN(OCc2ccccc2)C(=O)NCC(=O)O)cc1. The zero-order valence-corrected chi connectivity index (χ0v) is 18.8. The van der Waals surface area contributed by atoms with Crippen LogP contribution in [0.4, 0.5) is 9.59 Å². The molecule has 10 nitrogen and oxygen atoms in total. The maximum atomic E-state index is 12.4. The van der Waals surface area contributed by atoms with E-state index in [0.717, 1.165) is 10.6 Å². The van der Waals surface area contributed by atoms with Gasteiger partial charge in [-0.2, -0.15) is 5.06 Å². The monoisotopic (exact) mass is 456 g/mol. The van der Waals surface area contributed by atoms with E-state index in [9.17, 15) is 14.4 Å². The van der Waals surface area contributed by atoms with Crippen LogP contribution in [-0.2, 0) is 27.5 Å². The maximum Gasteiger partial charge on any atom is 0.413 e. The molecule has 0 aromatic heterocycles. The molecule has 0 aliphatic carbocycles. The third-order valence-electron chi connectivity index (χ3n) is 4.04. The van der Waals surface area contributed by atoms with Crippen LogP contribution in [0.3, 0.4) is 0 Å². The summed E-state index contributed by atoms with van der Waals surface area (Å²) < 4.78 is 5.14. The fourth-order valence-electron chi connectivity index (χ4n) is 2.56. The molecule has 0 bridgehead atoms. The van der Waals surface area contributed by atoms with Gasteiger partial charge >= 0.3 is 18.1 Å². The molecule has 0 fully saturated rings. The highest BCUT2D eigenvalue weighted by molar-refractivity contribution is 6.04. The zero-order valence-electron chi connectivity index (χ0n) is 18.8. The molecule has 0 heterocycles. The van der Waals surface area contributed by atoms with Gasteiger partial charge in [0.25, 0.3) is 0 Å². The maximum absolute atomic E-state index is 12.4. The Bertz CT molecular complexity index is 971. The van der Waals surface area contributed by atoms with Crippen LogP contribution in [0.5, 0.6) is 0 Å². The lowest BCUT2D eigenvalue weighted by Crippen LogP contribution is -2.41. The number of rotatable bonds is 8. The molecule has 0 spiro atoms. The molecular formula is C23H28N4O6. The van der Waals surface area contributed by atoms with Crippen molar-refractivity contribution in [3.8, 4) is 0 Å². The van der Waals surface area contributed by atoms with E-state index in [1.54, 1.807) is 45.0 Å². The Labute approximate surface area is 192 Å². The normalized spacial score (nSPS) is 10.8. The summed E-state index contributed by atoms with van der Waals surface area (Å²) in [4.78, 5) is 40.7. The Morgan fingerprint density at radius 2 is 1.64 bits per heavy atom. The van der Waals surface area contributed by atoms with E-state index in [1.165, 1.54) is 0 Å². The van der Waals surface area contributed by atoms with Crippen molar-refractivity contribution < 1.29 is 29.1 Å². The van der Waals surface area contributed by atoms with Gasteiger partial charge < -0.3 is 15.2 Å². The third-order valence-corrected chi connectivity index (χ3v) is 4.04. The van der Waals surface area contributed by atoms with Gasteiger partial charge in [0.15, 0.2) is 0 Å². The molecular weight excluding hydrogens is 428 g/mol. The lowest BCUT2D eigenvalue weighted by Gasteiger charge is -2.22. The Hall–Kier alpha value is -3.92. The fraction of sp³-hybridized carbons (Fsp3) is 0.304. The van der Waals surface area contributed by atoms with Crippen LogP contribution < -0.4 is 10.6 Å². The molecule has 0 aliphatic rings. The number of alkyl carbamates (subject to hydrolysis) is 1. The number of carboxylic acids is 1. The smallest absolute Gasteiger partial charge is 0.413 e. The number of urea groups is 1. The van der Waals surface area contributed by atoms with Gasteiger partial charge in [0, 0.05) is 5.56 Å². The quantitative estimate of drug-likeness (QED) is 0.273. The standard InChI is InChI=1S/C23H28N4O6/c1-23(2,3)33-22(31)26-20(24)18-11-9-16(10-12-18)14-27(21(30)25-13-19(28)29)32-15-17-7-5-4-6-8-17/h4-12H,13-15H2,1-3H3,(H,25,30)(H,28,29)(H2,24,26,31). The van der Waals surface area contributed by atoms with Crippen LogP contribution in [0, 0.1) is 5.41 Å². The van der Waals surface area contributed by atoms with Crippen molar-refractivity contribution in [3.63, 3.8) is 0 Å². The van der Waals surface area contributed by atoms with Crippen LogP contribution in [0.25, 0.3) is 0 Å². The highest BCUT2D eigenvalue weighted by Crippen LogP contribution is 2.12. The number of hydrogen-bond donors (Lipinski definition) is 4. The van der Waals surface area contributed by atoms with Crippen molar-refractivity contribution in [2.75, 3.05) is 6.54 Å². The number of benzene rings is 2. The molecule has 2 aromatic rings. The number of nitrogens with one attached hydrogen (secondary N) is 3. The molecule has 3 amide bonds. The van der Waals surface area contributed by atoms with Crippen molar-refractivity contribution in [2.24, 2.45) is 0 Å². The summed E-state index contributed by atoms with van der Waals surface area (Å²) in [7, 11) is 0. The van der Waals surface area contributed by atoms with Crippen molar-refractivity contribution in [3.05, 3.63) is 71.3 Å². The van der Waals surface area contributed by atoms with Crippen LogP contribution in [0.15, 0.2) is 54.6 Å². The predicted octanol–water partition coefficient (Wildman–Crippen LogP) is 3.26. The Kier molecular flexibility index (Phi) is 8.93. The van der Waals surface area contributed by atoms with Gasteiger partial charge in [-0.05, 0) is 31.9 Å². The third kappa shape index (κ3) is 9.40. The summed E-state index contributed by atoms with van der Waals surface area (Å²) >= 11 is 0. The highest BCUT2D eigenvalue weighted by atomic mass is 16.7. The molecule has 0 aliphatic heterocycles. The molecule has 2 aromatic carbocycles. The summed E-state index contributed by atoms with van der Waals surface area (Å²) in [6.45, 7) is 4.78. The van der Waals surface area contributed by atoms with Crippen molar-refractivity contribution >= 4 is 23.9 Å². The number of carbonyl (C=O) groups excluding carboxylic acids is 2. The number of carbonyl (C=O) groups is 3. The van der Waals surface area contributed by atoms with E-state index in [2.05, 4.69) is 10.6 Å². The zero-order chi connectivity index (χ0) is 24.4. The first kappa shape index (κ1) is 25.3. The number of amides is 3. The topological polar surface area (TPSA) is 141 Å². The van der Waals surface area contributed by atoms with Gasteiger partial charge in [-0.3, -0.25) is 20.4 Å². The van der Waals surface area contributed by atoms with E-state index >= 15 is 0 Å². The number of aliphatic carboxylic acids is 1. The van der Waals surface area contributed by atoms with Gasteiger partial charge in [0.2, 0.25) is 0 Å². The van der Waals surface area contributed by atoms with Crippen LogP contribution in [0.2, 0.25) is 0 Å². The lowest BCUT2D eigenvalue weighted by atomic mass is 10.1. The first-order chi connectivity index (χ1) is 15.5. The lowest BCUT2D eigenvalue weighted by molar-refractivity contribution is -0.140. The molecule has 0 atom stereocenters. The molecule has 0 unspecified atom stereocenters. The molecule has 10 heteroatoms. The molecule has 176 valence electrons. The van der Waals surface area contributed by atoms with Gasteiger partial charge in [0.05, 0.1) is 6.54 Å². The molecule has 0 saturated heterocycles. The number of ether oxygens (including phenoxy) is 1. The molecule has 0 saturated carbocycles. The van der Waals surface area contributed by atoms with E-state index in [1.807, 2.05) is 30.3 Å². The minimum Gasteiger partial charge on any atom is -0.480 e. The number of amidine groups is 1.